The lowest BCUT2D eigenvalue weighted by Gasteiger charge is -2.18. The lowest BCUT2D eigenvalue weighted by atomic mass is 10.3. The van der Waals surface area contributed by atoms with Gasteiger partial charge in [0, 0.05) is 25.7 Å². The first-order valence-corrected chi connectivity index (χ1v) is 5.39. The van der Waals surface area contributed by atoms with Crippen LogP contribution in [0.4, 0.5) is 0 Å². The third kappa shape index (κ3) is 2.52. The van der Waals surface area contributed by atoms with E-state index in [-0.39, 0.29) is 5.91 Å². The van der Waals surface area contributed by atoms with Gasteiger partial charge >= 0.3 is 0 Å². The van der Waals surface area contributed by atoms with Crippen LogP contribution in [0.1, 0.15) is 17.0 Å². The highest BCUT2D eigenvalue weighted by atomic mass is 35.5. The Labute approximate surface area is 93.2 Å². The fourth-order valence-electron chi connectivity index (χ4n) is 1.63. The molecule has 1 aliphatic heterocycles. The minimum absolute atomic E-state index is 0.0781. The van der Waals surface area contributed by atoms with Gasteiger partial charge in [0.2, 0.25) is 0 Å². The van der Waals surface area contributed by atoms with Gasteiger partial charge in [0.05, 0.1) is 5.02 Å². The van der Waals surface area contributed by atoms with Crippen LogP contribution in [0.15, 0.2) is 16.7 Å². The van der Waals surface area contributed by atoms with Crippen molar-refractivity contribution < 1.29 is 9.21 Å². The number of halogens is 1. The first-order valence-electron chi connectivity index (χ1n) is 5.01. The second-order valence-electron chi connectivity index (χ2n) is 3.52. The van der Waals surface area contributed by atoms with Crippen LogP contribution < -0.4 is 5.32 Å². The summed E-state index contributed by atoms with van der Waals surface area (Å²) in [6.07, 6.45) is 2.35. The number of nitrogens with zero attached hydrogens (tertiary/aromatic N) is 1. The van der Waals surface area contributed by atoms with E-state index in [1.807, 2.05) is 0 Å². The molecule has 0 spiro atoms. The molecule has 1 aromatic rings. The Kier molecular flexibility index (Phi) is 3.28. The Morgan fingerprint density at radius 1 is 1.47 bits per heavy atom. The molecule has 0 aliphatic carbocycles. The average Bonchev–Trinajstić information content (AvgIpc) is 2.53. The van der Waals surface area contributed by atoms with Gasteiger partial charge < -0.3 is 14.6 Å². The largest absolute Gasteiger partial charge is 0.458 e. The van der Waals surface area contributed by atoms with Crippen LogP contribution in [0.5, 0.6) is 0 Å². The van der Waals surface area contributed by atoms with Gasteiger partial charge in [0.1, 0.15) is 6.26 Å². The number of hydrogen-bond acceptors (Lipinski definition) is 3. The van der Waals surface area contributed by atoms with Gasteiger partial charge in [-0.1, -0.05) is 11.6 Å². The first kappa shape index (κ1) is 10.5. The van der Waals surface area contributed by atoms with E-state index in [9.17, 15) is 4.79 Å². The molecule has 1 aliphatic rings. The van der Waals surface area contributed by atoms with Crippen LogP contribution >= 0.6 is 11.6 Å². The van der Waals surface area contributed by atoms with Crippen LogP contribution in [-0.2, 0) is 0 Å². The van der Waals surface area contributed by atoms with Crippen molar-refractivity contribution >= 4 is 17.5 Å². The lowest BCUT2D eigenvalue weighted by Crippen LogP contribution is -2.33. The molecule has 0 atom stereocenters. The van der Waals surface area contributed by atoms with E-state index in [1.165, 1.54) is 6.26 Å². The van der Waals surface area contributed by atoms with Crippen molar-refractivity contribution in [1.82, 2.24) is 10.2 Å². The molecule has 15 heavy (non-hydrogen) atoms. The molecule has 2 rings (SSSR count). The minimum atomic E-state index is -0.0781. The maximum Gasteiger partial charge on any atom is 0.289 e. The molecule has 1 aromatic heterocycles. The van der Waals surface area contributed by atoms with Crippen molar-refractivity contribution in [3.8, 4) is 0 Å². The summed E-state index contributed by atoms with van der Waals surface area (Å²) in [4.78, 5) is 13.7. The number of nitrogens with one attached hydrogen (secondary N) is 1. The van der Waals surface area contributed by atoms with E-state index in [0.717, 1.165) is 32.6 Å². The second kappa shape index (κ2) is 4.68. The van der Waals surface area contributed by atoms with Gasteiger partial charge in [-0.05, 0) is 13.0 Å². The molecule has 82 valence electrons. The molecule has 0 saturated carbocycles. The fourth-order valence-corrected chi connectivity index (χ4v) is 1.77. The number of carbonyl (C=O) groups is 1. The highest BCUT2D eigenvalue weighted by Crippen LogP contribution is 2.15. The minimum Gasteiger partial charge on any atom is -0.458 e. The summed E-state index contributed by atoms with van der Waals surface area (Å²) in [7, 11) is 0. The van der Waals surface area contributed by atoms with Crippen LogP contribution in [0.2, 0.25) is 5.02 Å². The molecule has 2 heterocycles. The maximum absolute atomic E-state index is 11.9. The van der Waals surface area contributed by atoms with Gasteiger partial charge in [-0.25, -0.2) is 0 Å². The lowest BCUT2D eigenvalue weighted by molar-refractivity contribution is 0.0734. The van der Waals surface area contributed by atoms with Crippen LogP contribution in [0.3, 0.4) is 0 Å². The molecule has 1 amide bonds. The number of carbonyl (C=O) groups excluding carboxylic acids is 1. The molecule has 5 heteroatoms. The Morgan fingerprint density at radius 3 is 3.07 bits per heavy atom. The molecule has 0 aromatic carbocycles. The van der Waals surface area contributed by atoms with Gasteiger partial charge in [-0.3, -0.25) is 4.79 Å². The van der Waals surface area contributed by atoms with E-state index >= 15 is 0 Å². The summed E-state index contributed by atoms with van der Waals surface area (Å²) in [5.74, 6) is 0.243. The number of amides is 1. The standard InChI is InChI=1S/C10H13ClN2O2/c11-8-6-9(15-7-8)10(14)13-4-1-2-12-3-5-13/h6-7,12H,1-5H2. The SMILES string of the molecule is O=C(c1cc(Cl)co1)N1CCCNCC1. The van der Waals surface area contributed by atoms with E-state index in [2.05, 4.69) is 5.32 Å². The predicted octanol–water partition coefficient (Wildman–Crippen LogP) is 1.37. The molecule has 1 fully saturated rings. The third-order valence-corrected chi connectivity index (χ3v) is 2.60. The van der Waals surface area contributed by atoms with E-state index < -0.39 is 0 Å². The molecule has 0 unspecified atom stereocenters. The smallest absolute Gasteiger partial charge is 0.289 e. The van der Waals surface area contributed by atoms with Gasteiger partial charge in [-0.2, -0.15) is 0 Å². The van der Waals surface area contributed by atoms with E-state index in [0.29, 0.717) is 10.8 Å². The van der Waals surface area contributed by atoms with Gasteiger partial charge in [0.15, 0.2) is 5.76 Å². The maximum atomic E-state index is 11.9. The Morgan fingerprint density at radius 2 is 2.33 bits per heavy atom. The number of rotatable bonds is 1. The average molecular weight is 229 g/mol. The summed E-state index contributed by atoms with van der Waals surface area (Å²) >= 11 is 5.70. The molecule has 4 nitrogen and oxygen atoms in total. The predicted molar refractivity (Wildman–Crippen MR) is 57.1 cm³/mol. The van der Waals surface area contributed by atoms with Crippen molar-refractivity contribution in [2.45, 2.75) is 6.42 Å². The monoisotopic (exact) mass is 228 g/mol. The Bertz CT molecular complexity index is 343. The summed E-state index contributed by atoms with van der Waals surface area (Å²) in [5, 5.41) is 3.70. The van der Waals surface area contributed by atoms with Gasteiger partial charge in [-0.15, -0.1) is 0 Å². The molecule has 1 saturated heterocycles. The van der Waals surface area contributed by atoms with Crippen LogP contribution in [-0.4, -0.2) is 37.0 Å². The van der Waals surface area contributed by atoms with Crippen LogP contribution in [0, 0.1) is 0 Å². The quantitative estimate of drug-likeness (QED) is 0.790. The Hall–Kier alpha value is -1.00. The summed E-state index contributed by atoms with van der Waals surface area (Å²) in [6.45, 7) is 3.28. The zero-order valence-electron chi connectivity index (χ0n) is 8.33. The summed E-state index contributed by atoms with van der Waals surface area (Å²) in [6, 6.07) is 1.56. The van der Waals surface area contributed by atoms with Crippen molar-refractivity contribution in [2.75, 3.05) is 26.2 Å². The summed E-state index contributed by atoms with van der Waals surface area (Å²) < 4.78 is 5.08. The fraction of sp³-hybridized carbons (Fsp3) is 0.500. The number of hydrogen-bond donors (Lipinski definition) is 1. The van der Waals surface area contributed by atoms with Crippen molar-refractivity contribution in [3.63, 3.8) is 0 Å². The zero-order valence-corrected chi connectivity index (χ0v) is 9.09. The summed E-state index contributed by atoms with van der Waals surface area (Å²) in [5.41, 5.74) is 0. The first-order chi connectivity index (χ1) is 7.27. The topological polar surface area (TPSA) is 45.5 Å². The molecule has 1 N–H and O–H groups in total. The molecule has 0 bridgehead atoms. The van der Waals surface area contributed by atoms with E-state index in [1.54, 1.807) is 11.0 Å². The van der Waals surface area contributed by atoms with E-state index in [4.69, 9.17) is 16.0 Å². The molecular weight excluding hydrogens is 216 g/mol. The molecular formula is C10H13ClN2O2. The second-order valence-corrected chi connectivity index (χ2v) is 3.96. The third-order valence-electron chi connectivity index (χ3n) is 2.41. The zero-order chi connectivity index (χ0) is 10.7. The highest BCUT2D eigenvalue weighted by Gasteiger charge is 2.19. The van der Waals surface area contributed by atoms with Crippen molar-refractivity contribution in [2.24, 2.45) is 0 Å². The van der Waals surface area contributed by atoms with Gasteiger partial charge in [0.25, 0.3) is 5.91 Å². The normalized spacial score (nSPS) is 17.5. The molecule has 0 radical (unpaired) electrons. The highest BCUT2D eigenvalue weighted by molar-refractivity contribution is 6.30. The van der Waals surface area contributed by atoms with Crippen molar-refractivity contribution in [3.05, 3.63) is 23.1 Å². The number of furan rings is 1. The van der Waals surface area contributed by atoms with Crippen LogP contribution in [0.25, 0.3) is 0 Å². The Balaban J connectivity index is 2.06. The van der Waals surface area contributed by atoms with Crippen molar-refractivity contribution in [1.29, 1.82) is 0 Å².